The zero-order valence-electron chi connectivity index (χ0n) is 24.6. The van der Waals surface area contributed by atoms with E-state index in [2.05, 4.69) is 163 Å². The molecule has 0 aromatic heterocycles. The average Bonchev–Trinajstić information content (AvgIpc) is 3.66. The second kappa shape index (κ2) is 20.0. The molecular formula is C36H40Cl2Zr2-2. The molecule has 0 aliphatic heterocycles. The molecule has 208 valence electrons. The fourth-order valence-corrected chi connectivity index (χ4v) is 3.98. The predicted molar refractivity (Wildman–Crippen MR) is 159 cm³/mol. The molecule has 0 unspecified atom stereocenters. The summed E-state index contributed by atoms with van der Waals surface area (Å²) in [5.74, 6) is 0. The van der Waals surface area contributed by atoms with Gasteiger partial charge >= 0.3 is 52.4 Å². The summed E-state index contributed by atoms with van der Waals surface area (Å²) >= 11 is 0. The van der Waals surface area contributed by atoms with Crippen LogP contribution in [0.5, 0.6) is 0 Å². The summed E-state index contributed by atoms with van der Waals surface area (Å²) in [6.45, 7) is 13.3. The Labute approximate surface area is 293 Å². The molecule has 0 fully saturated rings. The third-order valence-corrected chi connectivity index (χ3v) is 6.22. The van der Waals surface area contributed by atoms with E-state index in [9.17, 15) is 0 Å². The van der Waals surface area contributed by atoms with Gasteiger partial charge in [-0.1, -0.05) is 64.5 Å². The number of halogens is 2. The van der Waals surface area contributed by atoms with Crippen LogP contribution in [0.25, 0.3) is 21.5 Å². The fraction of sp³-hybridized carbons (Fsp3) is 0.278. The molecule has 4 aromatic carbocycles. The molecule has 0 amide bonds. The summed E-state index contributed by atoms with van der Waals surface area (Å²) in [6, 6.07) is 29.3. The summed E-state index contributed by atoms with van der Waals surface area (Å²) < 4.78 is 0. The Bertz CT molecular complexity index is 1190. The van der Waals surface area contributed by atoms with E-state index in [0.29, 0.717) is 10.8 Å². The molecule has 2 aliphatic rings. The summed E-state index contributed by atoms with van der Waals surface area (Å²) in [6.07, 6.45) is 17.0. The zero-order chi connectivity index (χ0) is 26.0. The van der Waals surface area contributed by atoms with Gasteiger partial charge in [-0.3, -0.25) is 12.2 Å². The predicted octanol–water partition coefficient (Wildman–Crippen LogP) is 4.56. The van der Waals surface area contributed by atoms with Gasteiger partial charge in [0.25, 0.3) is 0 Å². The van der Waals surface area contributed by atoms with Crippen molar-refractivity contribution in [1.82, 2.24) is 0 Å². The van der Waals surface area contributed by atoms with Crippen molar-refractivity contribution in [3.05, 3.63) is 133 Å². The maximum atomic E-state index is 3.16. The summed E-state index contributed by atoms with van der Waals surface area (Å²) in [7, 11) is 0. The Morgan fingerprint density at radius 1 is 0.550 bits per heavy atom. The molecule has 2 aliphatic carbocycles. The van der Waals surface area contributed by atoms with E-state index in [4.69, 9.17) is 0 Å². The van der Waals surface area contributed by atoms with Crippen LogP contribution < -0.4 is 24.8 Å². The van der Waals surface area contributed by atoms with Gasteiger partial charge in [-0.15, -0.1) is 72.1 Å². The minimum atomic E-state index is 0. The Morgan fingerprint density at radius 3 is 1.15 bits per heavy atom. The molecule has 0 heterocycles. The van der Waals surface area contributed by atoms with Crippen LogP contribution in [0, 0.1) is 23.0 Å². The van der Waals surface area contributed by atoms with Crippen LogP contribution in [0.4, 0.5) is 0 Å². The van der Waals surface area contributed by atoms with Crippen LogP contribution >= 0.6 is 0 Å². The Morgan fingerprint density at radius 2 is 0.900 bits per heavy atom. The van der Waals surface area contributed by atoms with Crippen LogP contribution in [0.2, 0.25) is 0 Å². The molecule has 0 atom stereocenters. The molecule has 0 spiro atoms. The molecule has 0 radical (unpaired) electrons. The third kappa shape index (κ3) is 13.8. The summed E-state index contributed by atoms with van der Waals surface area (Å²) in [5, 5.41) is 5.32. The van der Waals surface area contributed by atoms with Gasteiger partial charge in [0.15, 0.2) is 0 Å². The minimum absolute atomic E-state index is 0. The monoisotopic (exact) mass is 722 g/mol. The molecule has 0 saturated heterocycles. The smallest absolute Gasteiger partial charge is 1.00 e. The number of allylic oxidation sites excluding steroid dienone is 8. The van der Waals surface area contributed by atoms with Crippen LogP contribution in [0.15, 0.2) is 120 Å². The van der Waals surface area contributed by atoms with Crippen molar-refractivity contribution in [2.75, 3.05) is 0 Å². The first-order valence-corrected chi connectivity index (χ1v) is 12.9. The maximum absolute atomic E-state index is 3.16. The normalized spacial score (nSPS) is 12.8. The van der Waals surface area contributed by atoms with Crippen LogP contribution in [0.1, 0.15) is 54.4 Å². The summed E-state index contributed by atoms with van der Waals surface area (Å²) in [4.78, 5) is 0. The van der Waals surface area contributed by atoms with Gasteiger partial charge in [0.1, 0.15) is 0 Å². The van der Waals surface area contributed by atoms with Gasteiger partial charge in [0.05, 0.1) is 0 Å². The van der Waals surface area contributed by atoms with Crippen molar-refractivity contribution >= 4 is 21.5 Å². The van der Waals surface area contributed by atoms with E-state index in [-0.39, 0.29) is 77.2 Å². The molecule has 6 rings (SSSR count). The molecule has 0 N–H and O–H groups in total. The molecule has 0 saturated carbocycles. The first kappa shape index (κ1) is 41.1. The van der Waals surface area contributed by atoms with E-state index < -0.39 is 0 Å². The van der Waals surface area contributed by atoms with Crippen molar-refractivity contribution < 1.29 is 77.2 Å². The molecule has 4 aromatic rings. The van der Waals surface area contributed by atoms with Crippen LogP contribution in [-0.4, -0.2) is 0 Å². The minimum Gasteiger partial charge on any atom is -1.00 e. The standard InChI is InChI=1S/2C9H7.2C9H13.2ClH.2Zr/c2*1-2-5-9-7-3-6-8(9)4-1;2*1-9(2,3)8-6-4-5-7-8;;;;/h2*1-7H;2*6-7H,4H2,1-3H3;2*1H;;/q4*-1;;;2*+2/p-2. The van der Waals surface area contributed by atoms with Gasteiger partial charge in [0, 0.05) is 0 Å². The van der Waals surface area contributed by atoms with Crippen molar-refractivity contribution in [1.29, 1.82) is 0 Å². The molecule has 40 heavy (non-hydrogen) atoms. The first-order chi connectivity index (χ1) is 17.1. The van der Waals surface area contributed by atoms with E-state index in [0.717, 1.165) is 12.8 Å². The Hall–Kier alpha value is -1.03. The van der Waals surface area contributed by atoms with Gasteiger partial charge in [-0.2, -0.15) is 58.3 Å². The number of benzene rings is 2. The largest absolute Gasteiger partial charge is 2.00 e. The number of fused-ring (bicyclic) bond motifs is 2. The molecular weight excluding hydrogens is 686 g/mol. The number of hydrogen-bond donors (Lipinski definition) is 0. The summed E-state index contributed by atoms with van der Waals surface area (Å²) in [5.41, 5.74) is 3.48. The van der Waals surface area contributed by atoms with Crippen molar-refractivity contribution in [2.45, 2.75) is 54.4 Å². The molecule has 0 bridgehead atoms. The van der Waals surface area contributed by atoms with E-state index in [1.165, 1.54) is 32.7 Å². The third-order valence-electron chi connectivity index (χ3n) is 6.22. The quantitative estimate of drug-likeness (QED) is 0.234. The Balaban J connectivity index is 0. The zero-order valence-corrected chi connectivity index (χ0v) is 31.0. The van der Waals surface area contributed by atoms with E-state index in [1.807, 2.05) is 0 Å². The fourth-order valence-electron chi connectivity index (χ4n) is 3.98. The topological polar surface area (TPSA) is 0 Å². The first-order valence-electron chi connectivity index (χ1n) is 12.9. The number of hydrogen-bond acceptors (Lipinski definition) is 0. The second-order valence-corrected chi connectivity index (χ2v) is 11.2. The number of rotatable bonds is 0. The van der Waals surface area contributed by atoms with Crippen molar-refractivity contribution in [3.8, 4) is 0 Å². The maximum Gasteiger partial charge on any atom is 2.00 e. The van der Waals surface area contributed by atoms with Gasteiger partial charge in [-0.05, 0) is 0 Å². The SMILES string of the molecule is CC(C)(C)C1=CC[C-]=C1.CC(C)(C)C1=CC[C-]=C1.[Cl-].[Cl-].[Zr+2].[Zr+2].c1ccc2[cH-]ccc2c1.c1ccc2[cH-]ccc2c1. The van der Waals surface area contributed by atoms with Crippen LogP contribution in [0.3, 0.4) is 0 Å². The van der Waals surface area contributed by atoms with Crippen LogP contribution in [-0.2, 0) is 52.4 Å². The average molecular weight is 726 g/mol. The van der Waals surface area contributed by atoms with Crippen molar-refractivity contribution in [3.63, 3.8) is 0 Å². The molecule has 4 heteroatoms. The van der Waals surface area contributed by atoms with Gasteiger partial charge in [-0.25, -0.2) is 12.2 Å². The Kier molecular flexibility index (Phi) is 20.5. The van der Waals surface area contributed by atoms with Gasteiger partial charge in [0.2, 0.25) is 0 Å². The molecule has 0 nitrogen and oxygen atoms in total. The second-order valence-electron chi connectivity index (χ2n) is 11.2. The van der Waals surface area contributed by atoms with E-state index in [1.54, 1.807) is 0 Å². The van der Waals surface area contributed by atoms with Gasteiger partial charge < -0.3 is 24.8 Å². The van der Waals surface area contributed by atoms with E-state index >= 15 is 0 Å². The van der Waals surface area contributed by atoms with Crippen molar-refractivity contribution in [2.24, 2.45) is 10.8 Å².